The summed E-state index contributed by atoms with van der Waals surface area (Å²) in [7, 11) is 0. The van der Waals surface area contributed by atoms with Crippen molar-refractivity contribution in [3.8, 4) is 5.75 Å². The summed E-state index contributed by atoms with van der Waals surface area (Å²) in [6, 6.07) is 5.16. The number of nitrogens with two attached hydrogens (primary N) is 1. The number of amides is 2. The average Bonchev–Trinajstić information content (AvgIpc) is 2.51. The molecule has 1 aromatic rings. The molecule has 2 N–H and O–H groups in total. The number of hydrogen-bond donors (Lipinski definition) is 1. The van der Waals surface area contributed by atoms with E-state index in [1.54, 1.807) is 23.1 Å². The number of carbonyl (C=O) groups excluding carboxylic acids is 2. The molecule has 23 heavy (non-hydrogen) atoms. The minimum Gasteiger partial charge on any atom is -0.478 e. The van der Waals surface area contributed by atoms with Crippen molar-refractivity contribution < 1.29 is 14.3 Å². The molecule has 6 nitrogen and oxygen atoms in total. The number of anilines is 2. The highest BCUT2D eigenvalue weighted by atomic mass is 16.5. The fourth-order valence-electron chi connectivity index (χ4n) is 2.70. The molecular weight excluding hydrogens is 294 g/mol. The molecule has 2 amide bonds. The van der Waals surface area contributed by atoms with E-state index in [0.717, 1.165) is 0 Å². The summed E-state index contributed by atoms with van der Waals surface area (Å²) in [5, 5.41) is 0. The topological polar surface area (TPSA) is 75.9 Å². The molecular formula is C17H25N3O3. The molecule has 1 heterocycles. The third-order valence-corrected chi connectivity index (χ3v) is 4.05. The van der Waals surface area contributed by atoms with E-state index in [0.29, 0.717) is 30.2 Å². The Morgan fingerprint density at radius 2 is 2.00 bits per heavy atom. The molecule has 0 bridgehead atoms. The number of likely N-dealkylation sites (N-methyl/N-ethyl adjacent to an activating group) is 1. The van der Waals surface area contributed by atoms with Crippen molar-refractivity contribution in [3.05, 3.63) is 18.2 Å². The minimum absolute atomic E-state index is 0.00352. The van der Waals surface area contributed by atoms with Gasteiger partial charge in [-0.2, -0.15) is 0 Å². The fourth-order valence-corrected chi connectivity index (χ4v) is 2.70. The highest BCUT2D eigenvalue weighted by Crippen LogP contribution is 2.37. The van der Waals surface area contributed by atoms with Gasteiger partial charge in [0.15, 0.2) is 6.10 Å². The summed E-state index contributed by atoms with van der Waals surface area (Å²) < 4.78 is 5.81. The Balaban J connectivity index is 2.37. The van der Waals surface area contributed by atoms with Gasteiger partial charge in [0.25, 0.3) is 5.91 Å². The lowest BCUT2D eigenvalue weighted by Gasteiger charge is -2.36. The van der Waals surface area contributed by atoms with E-state index in [-0.39, 0.29) is 24.3 Å². The maximum atomic E-state index is 12.8. The fraction of sp³-hybridized carbons (Fsp3) is 0.529. The molecule has 1 aliphatic rings. The number of hydrogen-bond acceptors (Lipinski definition) is 4. The Labute approximate surface area is 137 Å². The lowest BCUT2D eigenvalue weighted by molar-refractivity contribution is -0.134. The van der Waals surface area contributed by atoms with Crippen molar-refractivity contribution >= 4 is 23.2 Å². The van der Waals surface area contributed by atoms with Crippen LogP contribution in [0.3, 0.4) is 0 Å². The van der Waals surface area contributed by atoms with Gasteiger partial charge in [-0.3, -0.25) is 14.5 Å². The van der Waals surface area contributed by atoms with E-state index in [9.17, 15) is 9.59 Å². The summed E-state index contributed by atoms with van der Waals surface area (Å²) in [6.45, 7) is 8.93. The van der Waals surface area contributed by atoms with Crippen LogP contribution in [0.1, 0.15) is 27.7 Å². The zero-order chi connectivity index (χ0) is 17.1. The maximum Gasteiger partial charge on any atom is 0.268 e. The predicted octanol–water partition coefficient (Wildman–Crippen LogP) is 1.89. The molecule has 2 rings (SSSR count). The van der Waals surface area contributed by atoms with Crippen molar-refractivity contribution in [3.63, 3.8) is 0 Å². The van der Waals surface area contributed by atoms with Crippen LogP contribution < -0.4 is 15.4 Å². The molecule has 1 unspecified atom stereocenters. The average molecular weight is 319 g/mol. The lowest BCUT2D eigenvalue weighted by atomic mass is 10.0. The molecule has 0 aromatic heterocycles. The standard InChI is InChI=1S/C17H25N3O3/c1-5-19(6-2)15(21)10-20-13-9-12(18)7-8-14(13)23-16(11(3)4)17(20)22/h7-9,11,16H,5-6,10,18H2,1-4H3. The smallest absolute Gasteiger partial charge is 0.268 e. The third kappa shape index (κ3) is 3.41. The van der Waals surface area contributed by atoms with Crippen LogP contribution in [-0.4, -0.2) is 42.5 Å². The zero-order valence-corrected chi connectivity index (χ0v) is 14.2. The van der Waals surface area contributed by atoms with Crippen LogP contribution >= 0.6 is 0 Å². The van der Waals surface area contributed by atoms with E-state index in [1.165, 1.54) is 4.90 Å². The Kier molecular flexibility index (Phi) is 5.13. The number of benzene rings is 1. The largest absolute Gasteiger partial charge is 0.478 e. The number of fused-ring (bicyclic) bond motifs is 1. The monoisotopic (exact) mass is 319 g/mol. The molecule has 0 aliphatic carbocycles. The molecule has 0 radical (unpaired) electrons. The van der Waals surface area contributed by atoms with Crippen molar-refractivity contribution in [1.29, 1.82) is 0 Å². The number of carbonyl (C=O) groups is 2. The summed E-state index contributed by atoms with van der Waals surface area (Å²) >= 11 is 0. The van der Waals surface area contributed by atoms with E-state index in [1.807, 2.05) is 27.7 Å². The van der Waals surface area contributed by atoms with E-state index >= 15 is 0 Å². The van der Waals surface area contributed by atoms with Crippen LogP contribution in [0.2, 0.25) is 0 Å². The lowest BCUT2D eigenvalue weighted by Crippen LogP contribution is -2.52. The Morgan fingerprint density at radius 3 is 2.57 bits per heavy atom. The quantitative estimate of drug-likeness (QED) is 0.841. The number of nitrogen functional groups attached to an aromatic ring is 1. The molecule has 6 heteroatoms. The van der Waals surface area contributed by atoms with Gasteiger partial charge in [-0.05, 0) is 38.0 Å². The second-order valence-corrected chi connectivity index (χ2v) is 6.00. The molecule has 1 aromatic carbocycles. The predicted molar refractivity (Wildman–Crippen MR) is 90.4 cm³/mol. The molecule has 0 spiro atoms. The SMILES string of the molecule is CCN(CC)C(=O)CN1C(=O)C(C(C)C)Oc2ccc(N)cc21. The van der Waals surface area contributed by atoms with Gasteiger partial charge in [-0.1, -0.05) is 13.8 Å². The van der Waals surface area contributed by atoms with Gasteiger partial charge in [0, 0.05) is 18.8 Å². The molecule has 1 atom stereocenters. The van der Waals surface area contributed by atoms with Gasteiger partial charge in [0.1, 0.15) is 12.3 Å². The first-order valence-corrected chi connectivity index (χ1v) is 8.04. The molecule has 0 saturated carbocycles. The first-order valence-electron chi connectivity index (χ1n) is 8.04. The van der Waals surface area contributed by atoms with Crippen LogP contribution in [0.5, 0.6) is 5.75 Å². The number of rotatable bonds is 5. The second kappa shape index (κ2) is 6.89. The van der Waals surface area contributed by atoms with E-state index < -0.39 is 6.10 Å². The van der Waals surface area contributed by atoms with Crippen molar-refractivity contribution in [1.82, 2.24) is 4.90 Å². The highest BCUT2D eigenvalue weighted by molar-refractivity contribution is 6.04. The highest BCUT2D eigenvalue weighted by Gasteiger charge is 2.37. The van der Waals surface area contributed by atoms with Gasteiger partial charge in [0.05, 0.1) is 5.69 Å². The number of nitrogens with zero attached hydrogens (tertiary/aromatic N) is 2. The molecule has 0 fully saturated rings. The molecule has 126 valence electrons. The third-order valence-electron chi connectivity index (χ3n) is 4.05. The number of ether oxygens (including phenoxy) is 1. The van der Waals surface area contributed by atoms with Crippen LogP contribution in [0, 0.1) is 5.92 Å². The van der Waals surface area contributed by atoms with Gasteiger partial charge in [-0.15, -0.1) is 0 Å². The van der Waals surface area contributed by atoms with Gasteiger partial charge < -0.3 is 15.4 Å². The van der Waals surface area contributed by atoms with Crippen molar-refractivity contribution in [2.75, 3.05) is 30.3 Å². The van der Waals surface area contributed by atoms with Crippen LogP contribution in [-0.2, 0) is 9.59 Å². The van der Waals surface area contributed by atoms with Gasteiger partial charge in [-0.25, -0.2) is 0 Å². The molecule has 0 saturated heterocycles. The summed E-state index contributed by atoms with van der Waals surface area (Å²) in [5.41, 5.74) is 6.93. The normalized spacial score (nSPS) is 17.0. The molecule has 1 aliphatic heterocycles. The summed E-state index contributed by atoms with van der Waals surface area (Å²) in [4.78, 5) is 28.4. The zero-order valence-electron chi connectivity index (χ0n) is 14.2. The van der Waals surface area contributed by atoms with Crippen molar-refractivity contribution in [2.45, 2.75) is 33.8 Å². The van der Waals surface area contributed by atoms with Crippen molar-refractivity contribution in [2.24, 2.45) is 5.92 Å². The Hall–Kier alpha value is -2.24. The van der Waals surface area contributed by atoms with Crippen LogP contribution in [0.25, 0.3) is 0 Å². The maximum absolute atomic E-state index is 12.8. The van der Waals surface area contributed by atoms with Gasteiger partial charge in [0.2, 0.25) is 5.91 Å². The summed E-state index contributed by atoms with van der Waals surface area (Å²) in [5.74, 6) is 0.323. The van der Waals surface area contributed by atoms with E-state index in [4.69, 9.17) is 10.5 Å². The minimum atomic E-state index is -0.587. The Morgan fingerprint density at radius 1 is 1.35 bits per heavy atom. The van der Waals surface area contributed by atoms with Gasteiger partial charge >= 0.3 is 0 Å². The van der Waals surface area contributed by atoms with E-state index in [2.05, 4.69) is 0 Å². The second-order valence-electron chi connectivity index (χ2n) is 6.00. The summed E-state index contributed by atoms with van der Waals surface area (Å²) in [6.07, 6.45) is -0.587. The first kappa shape index (κ1) is 17.1. The first-order chi connectivity index (χ1) is 10.9. The Bertz CT molecular complexity index is 597. The van der Waals surface area contributed by atoms with Crippen LogP contribution in [0.15, 0.2) is 18.2 Å². The van der Waals surface area contributed by atoms with Crippen LogP contribution in [0.4, 0.5) is 11.4 Å².